The van der Waals surface area contributed by atoms with Gasteiger partial charge in [-0.25, -0.2) is 0 Å². The first-order valence-corrected chi connectivity index (χ1v) is 6.09. The quantitative estimate of drug-likeness (QED) is 0.890. The molecule has 0 unspecified atom stereocenters. The Bertz CT molecular complexity index is 714. The first kappa shape index (κ1) is 13.1. The molecule has 94 valence electrons. The van der Waals surface area contributed by atoms with Crippen LogP contribution in [0, 0.1) is 11.3 Å². The summed E-state index contributed by atoms with van der Waals surface area (Å²) in [6.45, 7) is 0. The molecule has 0 bridgehead atoms. The molecule has 2 rings (SSSR count). The van der Waals surface area contributed by atoms with E-state index < -0.39 is 5.91 Å². The van der Waals surface area contributed by atoms with Gasteiger partial charge in [-0.15, -0.1) is 0 Å². The molecule has 6 heteroatoms. The van der Waals surface area contributed by atoms with Gasteiger partial charge in [0.25, 0.3) is 5.91 Å². The van der Waals surface area contributed by atoms with Crippen LogP contribution < -0.4 is 10.7 Å². The van der Waals surface area contributed by atoms with Gasteiger partial charge >= 0.3 is 0 Å². The highest BCUT2D eigenvalue weighted by molar-refractivity contribution is 9.10. The fourth-order valence-corrected chi connectivity index (χ4v) is 1.79. The number of amides is 1. The van der Waals surface area contributed by atoms with Crippen molar-refractivity contribution in [2.75, 3.05) is 5.32 Å². The summed E-state index contributed by atoms with van der Waals surface area (Å²) in [5.74, 6) is -0.409. The lowest BCUT2D eigenvalue weighted by Gasteiger charge is -2.04. The molecular weight excluding hydrogens is 310 g/mol. The van der Waals surface area contributed by atoms with Crippen LogP contribution in [0.5, 0.6) is 0 Å². The molecule has 1 aromatic carbocycles. The van der Waals surface area contributed by atoms with Crippen molar-refractivity contribution in [1.29, 1.82) is 5.26 Å². The lowest BCUT2D eigenvalue weighted by atomic mass is 10.1. The van der Waals surface area contributed by atoms with Gasteiger partial charge in [0.1, 0.15) is 5.69 Å². The minimum Gasteiger partial charge on any atom is -0.365 e. The SMILES string of the molecule is N#Cc1ccc(C(=O)Nc2c[nH]cc(Br)c2=O)cc1. The number of H-pyrrole nitrogens is 1. The third kappa shape index (κ3) is 2.89. The van der Waals surface area contributed by atoms with Gasteiger partial charge in [0, 0.05) is 18.0 Å². The maximum atomic E-state index is 11.9. The van der Waals surface area contributed by atoms with Gasteiger partial charge < -0.3 is 10.3 Å². The van der Waals surface area contributed by atoms with E-state index in [1.54, 1.807) is 12.1 Å². The summed E-state index contributed by atoms with van der Waals surface area (Å²) in [5.41, 5.74) is 0.694. The second-order valence-electron chi connectivity index (χ2n) is 3.69. The van der Waals surface area contributed by atoms with Crippen LogP contribution in [0.3, 0.4) is 0 Å². The van der Waals surface area contributed by atoms with Crippen LogP contribution in [-0.2, 0) is 0 Å². The Morgan fingerprint density at radius 2 is 1.95 bits per heavy atom. The van der Waals surface area contributed by atoms with Gasteiger partial charge in [-0.1, -0.05) is 0 Å². The summed E-state index contributed by atoms with van der Waals surface area (Å²) in [7, 11) is 0. The normalized spacial score (nSPS) is 9.68. The predicted octanol–water partition coefficient (Wildman–Crippen LogP) is 2.26. The minimum atomic E-state index is -0.409. The van der Waals surface area contributed by atoms with E-state index in [9.17, 15) is 9.59 Å². The number of nitrogens with zero attached hydrogens (tertiary/aromatic N) is 1. The van der Waals surface area contributed by atoms with Gasteiger partial charge in [0.2, 0.25) is 5.43 Å². The van der Waals surface area contributed by atoms with Crippen LogP contribution in [0.2, 0.25) is 0 Å². The largest absolute Gasteiger partial charge is 0.365 e. The van der Waals surface area contributed by atoms with E-state index in [0.29, 0.717) is 15.6 Å². The Hall–Kier alpha value is -2.39. The maximum Gasteiger partial charge on any atom is 0.255 e. The molecule has 5 nitrogen and oxygen atoms in total. The summed E-state index contributed by atoms with van der Waals surface area (Å²) < 4.78 is 0.338. The molecule has 0 aliphatic heterocycles. The highest BCUT2D eigenvalue weighted by atomic mass is 79.9. The Labute approximate surface area is 117 Å². The number of pyridine rings is 1. The van der Waals surface area contributed by atoms with E-state index in [1.165, 1.54) is 24.5 Å². The predicted molar refractivity (Wildman–Crippen MR) is 73.9 cm³/mol. The van der Waals surface area contributed by atoms with Crippen molar-refractivity contribution in [3.8, 4) is 6.07 Å². The van der Waals surface area contributed by atoms with Crippen LogP contribution in [0.15, 0.2) is 45.9 Å². The standard InChI is InChI=1S/C13H8BrN3O2/c14-10-6-16-7-11(12(10)18)17-13(19)9-3-1-8(5-15)2-4-9/h1-4,6-7H,(H,16,18)(H,17,19). The molecule has 2 aromatic rings. The lowest BCUT2D eigenvalue weighted by Crippen LogP contribution is -2.18. The monoisotopic (exact) mass is 317 g/mol. The molecule has 1 aromatic heterocycles. The summed E-state index contributed by atoms with van der Waals surface area (Å²) in [4.78, 5) is 26.4. The van der Waals surface area contributed by atoms with Crippen LogP contribution in [0.4, 0.5) is 5.69 Å². The van der Waals surface area contributed by atoms with E-state index in [1.807, 2.05) is 6.07 Å². The fraction of sp³-hybridized carbons (Fsp3) is 0. The number of benzene rings is 1. The van der Waals surface area contributed by atoms with E-state index >= 15 is 0 Å². The number of hydrogen-bond acceptors (Lipinski definition) is 3. The number of aromatic nitrogens is 1. The molecule has 0 atom stereocenters. The maximum absolute atomic E-state index is 11.9. The van der Waals surface area contributed by atoms with Crippen molar-refractivity contribution in [1.82, 2.24) is 4.98 Å². The third-order valence-corrected chi connectivity index (χ3v) is 3.01. The molecule has 0 aliphatic rings. The zero-order valence-electron chi connectivity index (χ0n) is 9.61. The highest BCUT2D eigenvalue weighted by Gasteiger charge is 2.09. The van der Waals surface area contributed by atoms with E-state index in [4.69, 9.17) is 5.26 Å². The Balaban J connectivity index is 2.23. The zero-order valence-corrected chi connectivity index (χ0v) is 11.2. The van der Waals surface area contributed by atoms with Gasteiger partial charge in [0.15, 0.2) is 0 Å². The Kier molecular flexibility index (Phi) is 3.78. The van der Waals surface area contributed by atoms with Crippen molar-refractivity contribution in [2.45, 2.75) is 0 Å². The molecule has 0 saturated heterocycles. The fourth-order valence-electron chi connectivity index (χ4n) is 1.44. The summed E-state index contributed by atoms with van der Waals surface area (Å²) in [6.07, 6.45) is 2.90. The van der Waals surface area contributed by atoms with Crippen LogP contribution in [0.25, 0.3) is 0 Å². The van der Waals surface area contributed by atoms with E-state index in [0.717, 1.165) is 0 Å². The van der Waals surface area contributed by atoms with Crippen molar-refractivity contribution < 1.29 is 4.79 Å². The average molecular weight is 318 g/mol. The zero-order chi connectivity index (χ0) is 13.8. The van der Waals surface area contributed by atoms with Gasteiger partial charge in [-0.2, -0.15) is 5.26 Å². The number of carbonyl (C=O) groups excluding carboxylic acids is 1. The number of carbonyl (C=O) groups is 1. The first-order valence-electron chi connectivity index (χ1n) is 5.30. The van der Waals surface area contributed by atoms with Crippen molar-refractivity contribution in [3.05, 3.63) is 62.5 Å². The molecule has 1 amide bonds. The van der Waals surface area contributed by atoms with Gasteiger partial charge in [-0.3, -0.25) is 9.59 Å². The number of halogens is 1. The molecular formula is C13H8BrN3O2. The van der Waals surface area contributed by atoms with E-state index in [-0.39, 0.29) is 11.1 Å². The summed E-state index contributed by atoms with van der Waals surface area (Å²) in [6, 6.07) is 8.11. The summed E-state index contributed by atoms with van der Waals surface area (Å²) >= 11 is 3.08. The lowest BCUT2D eigenvalue weighted by molar-refractivity contribution is 0.102. The number of rotatable bonds is 2. The molecule has 0 radical (unpaired) electrons. The molecule has 0 saturated carbocycles. The molecule has 19 heavy (non-hydrogen) atoms. The number of hydrogen-bond donors (Lipinski definition) is 2. The van der Waals surface area contributed by atoms with Crippen molar-refractivity contribution >= 4 is 27.5 Å². The minimum absolute atomic E-state index is 0.156. The van der Waals surface area contributed by atoms with Crippen LogP contribution in [0.1, 0.15) is 15.9 Å². The molecule has 0 aliphatic carbocycles. The smallest absolute Gasteiger partial charge is 0.255 e. The molecule has 2 N–H and O–H groups in total. The van der Waals surface area contributed by atoms with Crippen LogP contribution in [-0.4, -0.2) is 10.9 Å². The van der Waals surface area contributed by atoms with Crippen LogP contribution >= 0.6 is 15.9 Å². The number of nitriles is 1. The summed E-state index contributed by atoms with van der Waals surface area (Å²) in [5, 5.41) is 11.2. The number of nitrogens with one attached hydrogen (secondary N) is 2. The Morgan fingerprint density at radius 1 is 1.26 bits per heavy atom. The average Bonchev–Trinajstić information content (AvgIpc) is 2.44. The van der Waals surface area contributed by atoms with Gasteiger partial charge in [0.05, 0.1) is 16.1 Å². The number of anilines is 1. The second-order valence-corrected chi connectivity index (χ2v) is 4.54. The molecule has 1 heterocycles. The number of aromatic amines is 1. The highest BCUT2D eigenvalue weighted by Crippen LogP contribution is 2.09. The first-order chi connectivity index (χ1) is 9.11. The van der Waals surface area contributed by atoms with Crippen molar-refractivity contribution in [3.63, 3.8) is 0 Å². The molecule has 0 fully saturated rings. The van der Waals surface area contributed by atoms with Gasteiger partial charge in [-0.05, 0) is 40.2 Å². The third-order valence-electron chi connectivity index (χ3n) is 2.42. The van der Waals surface area contributed by atoms with E-state index in [2.05, 4.69) is 26.2 Å². The second kappa shape index (κ2) is 5.50. The molecule has 0 spiro atoms. The topological polar surface area (TPSA) is 85.8 Å². The van der Waals surface area contributed by atoms with Crippen molar-refractivity contribution in [2.24, 2.45) is 0 Å². The Morgan fingerprint density at radius 3 is 2.58 bits per heavy atom.